The minimum Gasteiger partial charge on any atom is -0.295 e. The minimum absolute atomic E-state index is 0.274. The maximum atomic E-state index is 10.7. The Labute approximate surface area is 121 Å². The highest BCUT2D eigenvalue weighted by Gasteiger charge is 2.11. The van der Waals surface area contributed by atoms with Crippen LogP contribution in [0.5, 0.6) is 0 Å². The monoisotopic (exact) mass is 264 g/mol. The number of ketones is 1. The summed E-state index contributed by atoms with van der Waals surface area (Å²) < 4.78 is 0. The lowest BCUT2D eigenvalue weighted by atomic mass is 9.95. The maximum absolute atomic E-state index is 10.7. The third-order valence-electron chi connectivity index (χ3n) is 3.41. The van der Waals surface area contributed by atoms with Gasteiger partial charge in [-0.05, 0) is 36.0 Å². The molecule has 102 valence electrons. The van der Waals surface area contributed by atoms with E-state index in [9.17, 15) is 4.79 Å². The summed E-state index contributed by atoms with van der Waals surface area (Å²) in [5, 5.41) is 0. The van der Waals surface area contributed by atoms with Crippen LogP contribution in [0.4, 0.5) is 0 Å². The molecule has 2 aromatic carbocycles. The molecule has 0 aliphatic heterocycles. The molecule has 0 heterocycles. The molecule has 0 radical (unpaired) electrons. The zero-order chi connectivity index (χ0) is 14.2. The number of carbonyl (C=O) groups is 1. The normalized spacial score (nSPS) is 14.4. The lowest BCUT2D eigenvalue weighted by Crippen LogP contribution is -2.06. The summed E-state index contributed by atoms with van der Waals surface area (Å²) in [5.41, 5.74) is 3.38. The molecule has 1 aliphatic rings. The fraction of sp³-hybridized carbons (Fsp3) is 0.211. The lowest BCUT2D eigenvalue weighted by Gasteiger charge is -2.09. The highest BCUT2D eigenvalue weighted by Crippen LogP contribution is 2.17. The van der Waals surface area contributed by atoms with Crippen LogP contribution in [0.1, 0.15) is 25.7 Å². The molecule has 1 saturated carbocycles. The van der Waals surface area contributed by atoms with Gasteiger partial charge in [0.2, 0.25) is 0 Å². The highest BCUT2D eigenvalue weighted by molar-refractivity contribution is 5.95. The van der Waals surface area contributed by atoms with E-state index < -0.39 is 0 Å². The van der Waals surface area contributed by atoms with Crippen LogP contribution < -0.4 is 0 Å². The van der Waals surface area contributed by atoms with E-state index in [0.29, 0.717) is 0 Å². The molecule has 1 fully saturated rings. The molecular formula is C19H20O. The molecule has 0 spiro atoms. The van der Waals surface area contributed by atoms with Gasteiger partial charge in [0, 0.05) is 6.42 Å². The van der Waals surface area contributed by atoms with Gasteiger partial charge in [-0.2, -0.15) is 0 Å². The first-order chi connectivity index (χ1) is 9.77. The largest absolute Gasteiger partial charge is 0.295 e. The lowest BCUT2D eigenvalue weighted by molar-refractivity contribution is -0.116. The number of allylic oxidation sites excluding steroid dienone is 1. The van der Waals surface area contributed by atoms with Gasteiger partial charge in [-0.3, -0.25) is 4.79 Å². The van der Waals surface area contributed by atoms with Gasteiger partial charge in [0.25, 0.3) is 0 Å². The Balaban J connectivity index is 0.000000160. The van der Waals surface area contributed by atoms with Gasteiger partial charge in [-0.15, -0.1) is 0 Å². The molecule has 3 rings (SSSR count). The SMILES string of the molecule is C=C1CCCCC1=O.c1ccc(-c2ccccc2)cc1. The van der Waals surface area contributed by atoms with Crippen molar-refractivity contribution in [1.82, 2.24) is 0 Å². The summed E-state index contributed by atoms with van der Waals surface area (Å²) in [6.45, 7) is 3.65. The molecule has 0 bridgehead atoms. The van der Waals surface area contributed by atoms with Crippen molar-refractivity contribution in [1.29, 1.82) is 0 Å². The zero-order valence-electron chi connectivity index (χ0n) is 11.7. The average molecular weight is 264 g/mol. The predicted molar refractivity (Wildman–Crippen MR) is 84.5 cm³/mol. The van der Waals surface area contributed by atoms with Crippen molar-refractivity contribution < 1.29 is 4.79 Å². The van der Waals surface area contributed by atoms with Crippen LogP contribution in [-0.2, 0) is 4.79 Å². The molecule has 0 amide bonds. The molecule has 1 nitrogen and oxygen atoms in total. The number of rotatable bonds is 1. The van der Waals surface area contributed by atoms with Crippen molar-refractivity contribution in [3.8, 4) is 11.1 Å². The molecular weight excluding hydrogens is 244 g/mol. The molecule has 0 N–H and O–H groups in total. The predicted octanol–water partition coefficient (Wildman–Crippen LogP) is 5.04. The Kier molecular flexibility index (Phi) is 5.31. The van der Waals surface area contributed by atoms with E-state index in [1.165, 1.54) is 11.1 Å². The van der Waals surface area contributed by atoms with Crippen LogP contribution in [0.2, 0.25) is 0 Å². The number of carbonyl (C=O) groups excluding carboxylic acids is 1. The molecule has 0 aromatic heterocycles. The van der Waals surface area contributed by atoms with E-state index in [2.05, 4.69) is 55.1 Å². The number of Topliss-reactive ketones (excluding diaryl/α,β-unsaturated/α-hetero) is 1. The Morgan fingerprint density at radius 1 is 0.700 bits per heavy atom. The molecule has 20 heavy (non-hydrogen) atoms. The van der Waals surface area contributed by atoms with Crippen LogP contribution >= 0.6 is 0 Å². The van der Waals surface area contributed by atoms with Crippen LogP contribution in [0.25, 0.3) is 11.1 Å². The molecule has 0 unspecified atom stereocenters. The van der Waals surface area contributed by atoms with Gasteiger partial charge < -0.3 is 0 Å². The molecule has 0 saturated heterocycles. The smallest absolute Gasteiger partial charge is 0.158 e. The maximum Gasteiger partial charge on any atom is 0.158 e. The summed E-state index contributed by atoms with van der Waals surface area (Å²) in [5.74, 6) is 0.274. The van der Waals surface area contributed by atoms with Crippen molar-refractivity contribution in [2.45, 2.75) is 25.7 Å². The van der Waals surface area contributed by atoms with Crippen molar-refractivity contribution in [2.24, 2.45) is 0 Å². The first-order valence-electron chi connectivity index (χ1n) is 7.09. The van der Waals surface area contributed by atoms with E-state index in [0.717, 1.165) is 31.3 Å². The quantitative estimate of drug-likeness (QED) is 0.659. The van der Waals surface area contributed by atoms with E-state index in [4.69, 9.17) is 0 Å². The first kappa shape index (κ1) is 14.3. The Bertz CT molecular complexity index is 501. The van der Waals surface area contributed by atoms with Crippen LogP contribution in [0.3, 0.4) is 0 Å². The van der Waals surface area contributed by atoms with Gasteiger partial charge in [-0.1, -0.05) is 67.2 Å². The topological polar surface area (TPSA) is 17.1 Å². The fourth-order valence-corrected chi connectivity index (χ4v) is 2.20. The minimum atomic E-state index is 0.274. The van der Waals surface area contributed by atoms with Crippen molar-refractivity contribution in [2.75, 3.05) is 0 Å². The van der Waals surface area contributed by atoms with Gasteiger partial charge in [0.15, 0.2) is 5.78 Å². The van der Waals surface area contributed by atoms with Crippen LogP contribution in [0, 0.1) is 0 Å². The van der Waals surface area contributed by atoms with E-state index in [1.807, 2.05) is 12.1 Å². The second-order valence-corrected chi connectivity index (χ2v) is 4.97. The Morgan fingerprint density at radius 3 is 1.50 bits per heavy atom. The third kappa shape index (κ3) is 4.20. The zero-order valence-corrected chi connectivity index (χ0v) is 11.7. The Morgan fingerprint density at radius 2 is 1.15 bits per heavy atom. The number of hydrogen-bond donors (Lipinski definition) is 0. The van der Waals surface area contributed by atoms with Crippen molar-refractivity contribution in [3.63, 3.8) is 0 Å². The molecule has 0 atom stereocenters. The molecule has 1 heteroatoms. The average Bonchev–Trinajstić information content (AvgIpc) is 2.53. The highest BCUT2D eigenvalue weighted by atomic mass is 16.1. The standard InChI is InChI=1S/C12H10.C7H10O/c1-3-7-11(8-4-1)12-9-5-2-6-10-12;1-6-4-2-3-5-7(6)8/h1-10H;1-5H2. The summed E-state index contributed by atoms with van der Waals surface area (Å²) in [6, 6.07) is 20.8. The van der Waals surface area contributed by atoms with Crippen molar-refractivity contribution >= 4 is 5.78 Å². The summed E-state index contributed by atoms with van der Waals surface area (Å²) >= 11 is 0. The van der Waals surface area contributed by atoms with E-state index >= 15 is 0 Å². The molecule has 1 aliphatic carbocycles. The second kappa shape index (κ2) is 7.44. The third-order valence-corrected chi connectivity index (χ3v) is 3.41. The molecule has 2 aromatic rings. The van der Waals surface area contributed by atoms with Gasteiger partial charge in [0.05, 0.1) is 0 Å². The van der Waals surface area contributed by atoms with Gasteiger partial charge in [-0.25, -0.2) is 0 Å². The second-order valence-electron chi connectivity index (χ2n) is 4.97. The first-order valence-corrected chi connectivity index (χ1v) is 7.09. The van der Waals surface area contributed by atoms with Crippen LogP contribution in [0.15, 0.2) is 72.8 Å². The fourth-order valence-electron chi connectivity index (χ4n) is 2.20. The summed E-state index contributed by atoms with van der Waals surface area (Å²) in [4.78, 5) is 10.7. The number of benzene rings is 2. The Hall–Kier alpha value is -2.15. The van der Waals surface area contributed by atoms with Crippen molar-refractivity contribution in [3.05, 3.63) is 72.8 Å². The van der Waals surface area contributed by atoms with E-state index in [1.54, 1.807) is 0 Å². The summed E-state index contributed by atoms with van der Waals surface area (Å²) in [7, 11) is 0. The van der Waals surface area contributed by atoms with E-state index in [-0.39, 0.29) is 5.78 Å². The summed E-state index contributed by atoms with van der Waals surface area (Å²) in [6.07, 6.45) is 3.89. The van der Waals surface area contributed by atoms with Gasteiger partial charge in [0.1, 0.15) is 0 Å². The number of hydrogen-bond acceptors (Lipinski definition) is 1. The van der Waals surface area contributed by atoms with Crippen LogP contribution in [-0.4, -0.2) is 5.78 Å². The van der Waals surface area contributed by atoms with Gasteiger partial charge >= 0.3 is 0 Å².